The predicted molar refractivity (Wildman–Crippen MR) is 112 cm³/mol. The minimum absolute atomic E-state index is 0.0482. The van der Waals surface area contributed by atoms with Gasteiger partial charge in [0.25, 0.3) is 0 Å². The summed E-state index contributed by atoms with van der Waals surface area (Å²) in [4.78, 5) is 30.5. The molecule has 1 heterocycles. The van der Waals surface area contributed by atoms with Crippen LogP contribution in [0.15, 0.2) is 55.6 Å². The maximum atomic E-state index is 13.6. The molecule has 5 heteroatoms. The van der Waals surface area contributed by atoms with Crippen molar-refractivity contribution in [2.75, 3.05) is 4.90 Å². The molecule has 4 nitrogen and oxygen atoms in total. The predicted octanol–water partition coefficient (Wildman–Crippen LogP) is 4.62. The zero-order valence-corrected chi connectivity index (χ0v) is 16.4. The van der Waals surface area contributed by atoms with Gasteiger partial charge >= 0.3 is 0 Å². The van der Waals surface area contributed by atoms with Gasteiger partial charge in [-0.2, -0.15) is 0 Å². The van der Waals surface area contributed by atoms with E-state index in [4.69, 9.17) is 12.2 Å². The summed E-state index contributed by atoms with van der Waals surface area (Å²) in [5, 5.41) is 0.298. The Balaban J connectivity index is 2.12. The second-order valence-electron chi connectivity index (χ2n) is 7.29. The Kier molecular flexibility index (Phi) is 5.90. The van der Waals surface area contributed by atoms with Crippen LogP contribution in [0.3, 0.4) is 0 Å². The third kappa shape index (κ3) is 3.36. The molecule has 0 unspecified atom stereocenters. The second-order valence-corrected chi connectivity index (χ2v) is 7.66. The fourth-order valence-electron chi connectivity index (χ4n) is 4.21. The number of hydrogen-bond acceptors (Lipinski definition) is 3. The van der Waals surface area contributed by atoms with Crippen molar-refractivity contribution in [1.82, 2.24) is 4.90 Å². The highest BCUT2D eigenvalue weighted by Gasteiger charge is 2.56. The number of amides is 2. The van der Waals surface area contributed by atoms with E-state index in [2.05, 4.69) is 13.2 Å². The number of carbonyl (C=O) groups excluding carboxylic acids is 2. The molecule has 142 valence electrons. The first-order valence-corrected chi connectivity index (χ1v) is 9.96. The van der Waals surface area contributed by atoms with Gasteiger partial charge in [0.2, 0.25) is 11.8 Å². The largest absolute Gasteiger partial charge is 0.284 e. The van der Waals surface area contributed by atoms with E-state index < -0.39 is 5.41 Å². The van der Waals surface area contributed by atoms with E-state index in [-0.39, 0.29) is 30.7 Å². The summed E-state index contributed by atoms with van der Waals surface area (Å²) < 4.78 is 0. The average Bonchev–Trinajstić information content (AvgIpc) is 2.68. The summed E-state index contributed by atoms with van der Waals surface area (Å²) in [6, 6.07) is 9.39. The number of carbonyl (C=O) groups is 2. The molecule has 2 fully saturated rings. The zero-order chi connectivity index (χ0) is 19.4. The third-order valence-corrected chi connectivity index (χ3v) is 5.96. The molecule has 0 bridgehead atoms. The summed E-state index contributed by atoms with van der Waals surface area (Å²) in [5.41, 5.74) is -0.530. The second kappa shape index (κ2) is 8.17. The van der Waals surface area contributed by atoms with Crippen molar-refractivity contribution in [1.29, 1.82) is 0 Å². The van der Waals surface area contributed by atoms with Crippen molar-refractivity contribution in [3.63, 3.8) is 0 Å². The molecule has 0 N–H and O–H groups in total. The van der Waals surface area contributed by atoms with Gasteiger partial charge < -0.3 is 0 Å². The molecule has 1 aliphatic heterocycles. The lowest BCUT2D eigenvalue weighted by Crippen LogP contribution is -2.67. The number of benzene rings is 1. The minimum atomic E-state index is -1.22. The normalized spacial score (nSPS) is 20.7. The van der Waals surface area contributed by atoms with Crippen LogP contribution in [0.25, 0.3) is 0 Å². The first kappa shape index (κ1) is 19.5. The smallest absolute Gasteiger partial charge is 0.249 e. The molecule has 0 radical (unpaired) electrons. The number of para-hydroxylation sites is 1. The molecule has 0 spiro atoms. The van der Waals surface area contributed by atoms with Gasteiger partial charge in [0.15, 0.2) is 5.11 Å². The van der Waals surface area contributed by atoms with Gasteiger partial charge in [-0.15, -0.1) is 13.2 Å². The Morgan fingerprint density at radius 1 is 1.00 bits per heavy atom. The van der Waals surface area contributed by atoms with Gasteiger partial charge in [-0.25, -0.2) is 0 Å². The number of hydrogen-bond donors (Lipinski definition) is 0. The summed E-state index contributed by atoms with van der Waals surface area (Å²) in [6.07, 6.45) is 9.00. The van der Waals surface area contributed by atoms with E-state index in [0.29, 0.717) is 10.8 Å². The van der Waals surface area contributed by atoms with E-state index in [1.54, 1.807) is 22.0 Å². The highest BCUT2D eigenvalue weighted by Crippen LogP contribution is 2.41. The van der Waals surface area contributed by atoms with Crippen molar-refractivity contribution in [2.24, 2.45) is 5.41 Å². The summed E-state index contributed by atoms with van der Waals surface area (Å²) in [6.45, 7) is 7.59. The van der Waals surface area contributed by atoms with Gasteiger partial charge in [0.1, 0.15) is 5.41 Å². The number of rotatable bonds is 6. The van der Waals surface area contributed by atoms with E-state index in [1.165, 1.54) is 6.42 Å². The Morgan fingerprint density at radius 2 is 1.59 bits per heavy atom. The first-order chi connectivity index (χ1) is 13.1. The molecule has 27 heavy (non-hydrogen) atoms. The van der Waals surface area contributed by atoms with Crippen molar-refractivity contribution >= 4 is 34.8 Å². The number of nitrogens with zero attached hydrogens (tertiary/aromatic N) is 2. The molecule has 1 aromatic rings. The van der Waals surface area contributed by atoms with E-state index in [9.17, 15) is 9.59 Å². The molecule has 0 atom stereocenters. The SMILES string of the molecule is C=CCC1(CC=C)C(=O)N(c2ccccc2)C(=S)N(C2CCCCC2)C1=O. The Hall–Kier alpha value is -2.27. The Bertz CT molecular complexity index is 743. The molecule has 1 aliphatic carbocycles. The Morgan fingerprint density at radius 3 is 2.15 bits per heavy atom. The summed E-state index contributed by atoms with van der Waals surface area (Å²) in [7, 11) is 0. The van der Waals surface area contributed by atoms with E-state index in [0.717, 1.165) is 25.7 Å². The topological polar surface area (TPSA) is 40.6 Å². The molecule has 3 rings (SSSR count). The highest BCUT2D eigenvalue weighted by molar-refractivity contribution is 7.80. The number of allylic oxidation sites excluding steroid dienone is 2. The molecule has 2 aliphatic rings. The highest BCUT2D eigenvalue weighted by atomic mass is 32.1. The molecule has 2 amide bonds. The zero-order valence-electron chi connectivity index (χ0n) is 15.6. The van der Waals surface area contributed by atoms with Crippen LogP contribution in [-0.2, 0) is 9.59 Å². The van der Waals surface area contributed by atoms with Crippen LogP contribution >= 0.6 is 12.2 Å². The van der Waals surface area contributed by atoms with Crippen molar-refractivity contribution in [2.45, 2.75) is 51.0 Å². The molecule has 1 saturated heterocycles. The maximum Gasteiger partial charge on any atom is 0.249 e. The van der Waals surface area contributed by atoms with Crippen LogP contribution < -0.4 is 4.90 Å². The molecule has 1 saturated carbocycles. The van der Waals surface area contributed by atoms with E-state index >= 15 is 0 Å². The fraction of sp³-hybridized carbons (Fsp3) is 0.409. The lowest BCUT2D eigenvalue weighted by Gasteiger charge is -2.48. The fourth-order valence-corrected chi connectivity index (χ4v) is 4.63. The van der Waals surface area contributed by atoms with Crippen molar-refractivity contribution in [3.05, 3.63) is 55.6 Å². The van der Waals surface area contributed by atoms with Gasteiger partial charge in [-0.05, 0) is 50.0 Å². The summed E-state index contributed by atoms with van der Waals surface area (Å²) in [5.74, 6) is -0.480. The summed E-state index contributed by atoms with van der Waals surface area (Å²) >= 11 is 5.69. The van der Waals surface area contributed by atoms with Crippen molar-refractivity contribution in [3.8, 4) is 0 Å². The lowest BCUT2D eigenvalue weighted by atomic mass is 9.75. The first-order valence-electron chi connectivity index (χ1n) is 9.56. The molecular weight excluding hydrogens is 356 g/mol. The van der Waals surface area contributed by atoms with Gasteiger partial charge in [-0.1, -0.05) is 49.6 Å². The van der Waals surface area contributed by atoms with Gasteiger partial charge in [-0.3, -0.25) is 19.4 Å². The van der Waals surface area contributed by atoms with Gasteiger partial charge in [0.05, 0.1) is 5.69 Å². The van der Waals surface area contributed by atoms with Gasteiger partial charge in [0, 0.05) is 6.04 Å². The molecule has 0 aromatic heterocycles. The van der Waals surface area contributed by atoms with Crippen LogP contribution in [0.5, 0.6) is 0 Å². The van der Waals surface area contributed by atoms with Crippen molar-refractivity contribution < 1.29 is 9.59 Å². The third-order valence-electron chi connectivity index (χ3n) is 5.58. The number of anilines is 1. The quantitative estimate of drug-likeness (QED) is 0.410. The van der Waals surface area contributed by atoms with Crippen LogP contribution in [0.4, 0.5) is 5.69 Å². The standard InChI is InChI=1S/C22H26N2O2S/c1-3-15-22(16-4-2)19(25)23(17-11-7-5-8-12-17)21(27)24(20(22)26)18-13-9-6-10-14-18/h3-5,7-8,11-12,18H,1-2,6,9-10,13-16H2. The van der Waals surface area contributed by atoms with Crippen LogP contribution in [0.1, 0.15) is 44.9 Å². The maximum absolute atomic E-state index is 13.6. The Labute approximate surface area is 166 Å². The lowest BCUT2D eigenvalue weighted by molar-refractivity contribution is -0.150. The van der Waals surface area contributed by atoms with E-state index in [1.807, 2.05) is 30.3 Å². The monoisotopic (exact) mass is 382 g/mol. The molecular formula is C22H26N2O2S. The van der Waals surface area contributed by atoms with Crippen LogP contribution in [-0.4, -0.2) is 27.9 Å². The number of thiocarbonyl (C=S) groups is 1. The average molecular weight is 383 g/mol. The minimum Gasteiger partial charge on any atom is -0.284 e. The molecule has 1 aromatic carbocycles. The van der Waals surface area contributed by atoms with Crippen LogP contribution in [0, 0.1) is 5.41 Å². The van der Waals surface area contributed by atoms with Crippen LogP contribution in [0.2, 0.25) is 0 Å².